The number of piperidine rings is 1. The second kappa shape index (κ2) is 10.7. The lowest BCUT2D eigenvalue weighted by Crippen LogP contribution is -2.46. The summed E-state index contributed by atoms with van der Waals surface area (Å²) < 4.78 is 5.59. The molecule has 0 bridgehead atoms. The number of hydrogen-bond acceptors (Lipinski definition) is 4. The number of hydrogen-bond donors (Lipinski definition) is 1. The molecule has 0 unspecified atom stereocenters. The van der Waals surface area contributed by atoms with Crippen LogP contribution in [0.3, 0.4) is 0 Å². The van der Waals surface area contributed by atoms with Crippen LogP contribution in [0.25, 0.3) is 0 Å². The summed E-state index contributed by atoms with van der Waals surface area (Å²) in [6, 6.07) is 26.5. The van der Waals surface area contributed by atoms with Gasteiger partial charge in [-0.25, -0.2) is 4.79 Å². The van der Waals surface area contributed by atoms with E-state index in [1.54, 1.807) is 34.1 Å². The zero-order valence-electron chi connectivity index (χ0n) is 20.3. The van der Waals surface area contributed by atoms with Gasteiger partial charge < -0.3 is 19.6 Å². The van der Waals surface area contributed by atoms with E-state index >= 15 is 0 Å². The van der Waals surface area contributed by atoms with E-state index in [1.807, 2.05) is 67.6 Å². The third-order valence-electron chi connectivity index (χ3n) is 6.82. The second-order valence-corrected chi connectivity index (χ2v) is 8.88. The van der Waals surface area contributed by atoms with Crippen molar-refractivity contribution in [2.75, 3.05) is 24.5 Å². The topological polar surface area (TPSA) is 70.1 Å². The highest BCUT2D eigenvalue weighted by atomic mass is 16.6. The molecule has 4 rings (SSSR count). The molecule has 6 nitrogen and oxygen atoms in total. The van der Waals surface area contributed by atoms with Crippen LogP contribution in [0.4, 0.5) is 10.5 Å². The molecule has 0 aliphatic carbocycles. The van der Waals surface area contributed by atoms with Gasteiger partial charge in [-0.1, -0.05) is 60.7 Å². The van der Waals surface area contributed by atoms with Crippen LogP contribution in [0.1, 0.15) is 37.8 Å². The summed E-state index contributed by atoms with van der Waals surface area (Å²) in [5.41, 5.74) is 1.36. The standard InChI is InChI=1S/C29H32N2O4/c1-3-31(22(2)32)26-14-16-27(17-15-26)35-28(33)30-20-18-25(19-21-30)29(34,23-10-6-4-7-11-23)24-12-8-5-9-13-24/h4-17,25,34H,3,18-21H2,1-2H3. The number of aliphatic hydroxyl groups is 1. The Balaban J connectivity index is 1.43. The van der Waals surface area contributed by atoms with Gasteiger partial charge in [-0.2, -0.15) is 0 Å². The van der Waals surface area contributed by atoms with Gasteiger partial charge in [-0.3, -0.25) is 4.79 Å². The van der Waals surface area contributed by atoms with E-state index in [1.165, 1.54) is 6.92 Å². The van der Waals surface area contributed by atoms with E-state index < -0.39 is 11.7 Å². The van der Waals surface area contributed by atoms with E-state index in [2.05, 4.69) is 0 Å². The molecule has 35 heavy (non-hydrogen) atoms. The van der Waals surface area contributed by atoms with Crippen LogP contribution in [-0.4, -0.2) is 41.6 Å². The average molecular weight is 473 g/mol. The smallest absolute Gasteiger partial charge is 0.410 e. The van der Waals surface area contributed by atoms with Crippen LogP contribution < -0.4 is 9.64 Å². The number of amides is 2. The normalized spacial score (nSPS) is 14.4. The maximum absolute atomic E-state index is 12.8. The molecule has 2 amide bonds. The zero-order valence-corrected chi connectivity index (χ0v) is 20.3. The summed E-state index contributed by atoms with van der Waals surface area (Å²) in [5.74, 6) is 0.360. The molecular formula is C29H32N2O4. The van der Waals surface area contributed by atoms with Gasteiger partial charge in [0.2, 0.25) is 5.91 Å². The van der Waals surface area contributed by atoms with Crippen molar-refractivity contribution in [2.24, 2.45) is 5.92 Å². The van der Waals surface area contributed by atoms with Crippen molar-refractivity contribution < 1.29 is 19.4 Å². The number of nitrogens with zero attached hydrogens (tertiary/aromatic N) is 2. The van der Waals surface area contributed by atoms with Gasteiger partial charge in [-0.05, 0) is 61.1 Å². The minimum absolute atomic E-state index is 0.0360. The number of rotatable bonds is 6. The van der Waals surface area contributed by atoms with Crippen LogP contribution >= 0.6 is 0 Å². The van der Waals surface area contributed by atoms with Gasteiger partial charge in [0, 0.05) is 32.2 Å². The molecule has 1 fully saturated rings. The fourth-order valence-electron chi connectivity index (χ4n) is 4.95. The van der Waals surface area contributed by atoms with Gasteiger partial charge in [0.25, 0.3) is 0 Å². The van der Waals surface area contributed by atoms with Crippen LogP contribution in [0.2, 0.25) is 0 Å². The third kappa shape index (κ3) is 5.23. The second-order valence-electron chi connectivity index (χ2n) is 8.88. The molecule has 0 aromatic heterocycles. The highest BCUT2D eigenvalue weighted by Crippen LogP contribution is 2.42. The maximum Gasteiger partial charge on any atom is 0.415 e. The Hall–Kier alpha value is -3.64. The number of anilines is 1. The molecule has 0 saturated carbocycles. The summed E-state index contributed by atoms with van der Waals surface area (Å²) in [4.78, 5) is 27.9. The van der Waals surface area contributed by atoms with Crippen molar-refractivity contribution >= 4 is 17.7 Å². The van der Waals surface area contributed by atoms with E-state index in [0.29, 0.717) is 38.2 Å². The molecule has 0 spiro atoms. The van der Waals surface area contributed by atoms with Crippen LogP contribution in [-0.2, 0) is 10.4 Å². The fraction of sp³-hybridized carbons (Fsp3) is 0.310. The molecule has 3 aromatic rings. The van der Waals surface area contributed by atoms with Crippen molar-refractivity contribution in [2.45, 2.75) is 32.3 Å². The van der Waals surface area contributed by atoms with E-state index in [-0.39, 0.29) is 11.8 Å². The summed E-state index contributed by atoms with van der Waals surface area (Å²) in [6.07, 6.45) is 0.898. The molecule has 1 saturated heterocycles. The van der Waals surface area contributed by atoms with E-state index in [9.17, 15) is 14.7 Å². The molecular weight excluding hydrogens is 440 g/mol. The van der Waals surface area contributed by atoms with E-state index in [4.69, 9.17) is 4.74 Å². The summed E-state index contributed by atoms with van der Waals surface area (Å²) >= 11 is 0. The molecule has 1 heterocycles. The number of carbonyl (C=O) groups is 2. The Morgan fingerprint density at radius 1 is 0.914 bits per heavy atom. The van der Waals surface area contributed by atoms with Crippen molar-refractivity contribution in [3.8, 4) is 5.75 Å². The van der Waals surface area contributed by atoms with Crippen LogP contribution in [0.5, 0.6) is 5.75 Å². The van der Waals surface area contributed by atoms with Crippen molar-refractivity contribution in [1.82, 2.24) is 4.90 Å². The van der Waals surface area contributed by atoms with Crippen LogP contribution in [0, 0.1) is 5.92 Å². The number of likely N-dealkylation sites (tertiary alicyclic amines) is 1. The number of benzene rings is 3. The van der Waals surface area contributed by atoms with Gasteiger partial charge in [0.1, 0.15) is 11.4 Å². The van der Waals surface area contributed by atoms with Crippen LogP contribution in [0.15, 0.2) is 84.9 Å². The SMILES string of the molecule is CCN(C(C)=O)c1ccc(OC(=O)N2CCC(C(O)(c3ccccc3)c3ccccc3)CC2)cc1. The summed E-state index contributed by atoms with van der Waals surface area (Å²) in [5, 5.41) is 12.0. The monoisotopic (exact) mass is 472 g/mol. The molecule has 182 valence electrons. The average Bonchev–Trinajstić information content (AvgIpc) is 2.90. The van der Waals surface area contributed by atoms with Gasteiger partial charge in [0.05, 0.1) is 0 Å². The highest BCUT2D eigenvalue weighted by Gasteiger charge is 2.42. The van der Waals surface area contributed by atoms with Gasteiger partial charge in [0.15, 0.2) is 0 Å². The van der Waals surface area contributed by atoms with E-state index in [0.717, 1.165) is 16.8 Å². The minimum Gasteiger partial charge on any atom is -0.410 e. The first-order valence-electron chi connectivity index (χ1n) is 12.1. The molecule has 0 atom stereocenters. The summed E-state index contributed by atoms with van der Waals surface area (Å²) in [6.45, 7) is 5.00. The Kier molecular flexibility index (Phi) is 7.51. The molecule has 1 aliphatic heterocycles. The van der Waals surface area contributed by atoms with Crippen molar-refractivity contribution in [1.29, 1.82) is 0 Å². The Bertz CT molecular complexity index is 1080. The molecule has 6 heteroatoms. The molecule has 1 aliphatic rings. The van der Waals surface area contributed by atoms with Gasteiger partial charge in [-0.15, -0.1) is 0 Å². The first-order chi connectivity index (χ1) is 16.9. The maximum atomic E-state index is 12.8. The molecule has 1 N–H and O–H groups in total. The fourth-order valence-corrected chi connectivity index (χ4v) is 4.95. The first-order valence-corrected chi connectivity index (χ1v) is 12.1. The largest absolute Gasteiger partial charge is 0.415 e. The predicted octanol–water partition coefficient (Wildman–Crippen LogP) is 5.21. The first kappa shape index (κ1) is 24.5. The van der Waals surface area contributed by atoms with Crippen molar-refractivity contribution in [3.05, 3.63) is 96.1 Å². The lowest BCUT2D eigenvalue weighted by molar-refractivity contribution is -0.116. The predicted molar refractivity (Wildman–Crippen MR) is 136 cm³/mol. The third-order valence-corrected chi connectivity index (χ3v) is 6.82. The minimum atomic E-state index is -1.13. The molecule has 3 aromatic carbocycles. The molecule has 0 radical (unpaired) electrons. The Morgan fingerprint density at radius 3 is 1.89 bits per heavy atom. The Morgan fingerprint density at radius 2 is 1.43 bits per heavy atom. The Labute approximate surface area is 206 Å². The van der Waals surface area contributed by atoms with Gasteiger partial charge >= 0.3 is 6.09 Å². The van der Waals surface area contributed by atoms with Crippen molar-refractivity contribution in [3.63, 3.8) is 0 Å². The highest BCUT2D eigenvalue weighted by molar-refractivity contribution is 5.91. The number of ether oxygens (including phenoxy) is 1. The summed E-state index contributed by atoms with van der Waals surface area (Å²) in [7, 11) is 0. The lowest BCUT2D eigenvalue weighted by atomic mass is 9.72. The zero-order chi connectivity index (χ0) is 24.8. The lowest BCUT2D eigenvalue weighted by Gasteiger charge is -2.42. The quantitative estimate of drug-likeness (QED) is 0.535. The number of carbonyl (C=O) groups excluding carboxylic acids is 2.